The van der Waals surface area contributed by atoms with Gasteiger partial charge >= 0.3 is 0 Å². The highest BCUT2D eigenvalue weighted by atomic mass is 16.7. The van der Waals surface area contributed by atoms with Crippen LogP contribution in [0.4, 0.5) is 0 Å². The monoisotopic (exact) mass is 668 g/mol. The quantitative estimate of drug-likeness (QED) is 0.0564. The molecular weight excluding hydrogens is 628 g/mol. The largest absolute Gasteiger partial charge is 0.371 e. The van der Waals surface area contributed by atoms with E-state index in [9.17, 15) is 10.3 Å². The maximum atomic E-state index is 12.6. The molecule has 1 amide bonds. The van der Waals surface area contributed by atoms with E-state index in [0.717, 1.165) is 27.8 Å². The summed E-state index contributed by atoms with van der Waals surface area (Å²) in [5.41, 5.74) is 13.4. The molecule has 0 spiro atoms. The highest BCUT2D eigenvalue weighted by Crippen LogP contribution is 2.41. The highest BCUT2D eigenvalue weighted by Gasteiger charge is 2.49. The first-order valence-corrected chi connectivity index (χ1v) is 16.7. The number of rotatable bonds is 14. The Balaban J connectivity index is 1.40. The number of ether oxygens (including phenoxy) is 4. The molecule has 1 heterocycles. The number of carbonyl (C=O) groups is 1. The molecule has 50 heavy (non-hydrogen) atoms. The number of hydrogen-bond acceptors (Lipinski definition) is 6. The van der Waals surface area contributed by atoms with E-state index < -0.39 is 36.2 Å². The van der Waals surface area contributed by atoms with E-state index >= 15 is 0 Å². The van der Waals surface area contributed by atoms with Crippen LogP contribution in [0.5, 0.6) is 0 Å². The van der Waals surface area contributed by atoms with Crippen molar-refractivity contribution in [2.24, 2.45) is 5.11 Å². The van der Waals surface area contributed by atoms with Crippen LogP contribution in [0.2, 0.25) is 0 Å². The van der Waals surface area contributed by atoms with Crippen LogP contribution in [-0.4, -0.2) is 43.1 Å². The minimum absolute atomic E-state index is 0.00838. The van der Waals surface area contributed by atoms with Crippen molar-refractivity contribution >= 4 is 5.91 Å². The Morgan fingerprint density at radius 1 is 0.720 bits per heavy atom. The fourth-order valence-corrected chi connectivity index (χ4v) is 6.48. The van der Waals surface area contributed by atoms with Crippen molar-refractivity contribution in [1.82, 2.24) is 5.32 Å². The van der Waals surface area contributed by atoms with Crippen molar-refractivity contribution in [2.75, 3.05) is 6.61 Å². The molecule has 0 bridgehead atoms. The topological polar surface area (TPSA) is 115 Å². The fraction of sp³-hybridized carbons (Fsp3) is 0.244. The van der Waals surface area contributed by atoms with E-state index in [1.54, 1.807) is 0 Å². The van der Waals surface area contributed by atoms with Gasteiger partial charge in [-0.25, -0.2) is 0 Å². The van der Waals surface area contributed by atoms with Gasteiger partial charge < -0.3 is 24.3 Å². The van der Waals surface area contributed by atoms with Crippen LogP contribution in [0.15, 0.2) is 157 Å². The molecule has 1 N–H and O–H groups in total. The maximum Gasteiger partial charge on any atom is 0.217 e. The summed E-state index contributed by atoms with van der Waals surface area (Å²) >= 11 is 0. The Hall–Kier alpha value is -5.28. The van der Waals surface area contributed by atoms with E-state index in [2.05, 4.69) is 15.3 Å². The van der Waals surface area contributed by atoms with Gasteiger partial charge in [0.05, 0.1) is 38.1 Å². The zero-order valence-electron chi connectivity index (χ0n) is 27.8. The average molecular weight is 669 g/mol. The summed E-state index contributed by atoms with van der Waals surface area (Å²) in [6.07, 6.45) is -2.61. The van der Waals surface area contributed by atoms with Crippen LogP contribution in [0.25, 0.3) is 10.4 Å². The molecule has 1 fully saturated rings. The molecule has 5 atom stereocenters. The van der Waals surface area contributed by atoms with Crippen LogP contribution in [-0.2, 0) is 42.6 Å². The standard InChI is InChI=1S/C41H40N4O5/c1-30(46)43-38-39(47-27-31-17-7-2-8-18-31)37(44-45-42)36(50-40(38)48-28-32-19-9-3-10-20-32)29-49-41(33-21-11-4-12-22-33,34-23-13-5-14-24-34)35-25-15-6-16-26-35/h2-26,36-40H,27-29H2,1H3,(H,43,46). The Morgan fingerprint density at radius 2 is 1.16 bits per heavy atom. The van der Waals surface area contributed by atoms with Crippen molar-refractivity contribution < 1.29 is 23.7 Å². The van der Waals surface area contributed by atoms with Gasteiger partial charge in [0, 0.05) is 11.8 Å². The summed E-state index contributed by atoms with van der Waals surface area (Å²) < 4.78 is 26.8. The van der Waals surface area contributed by atoms with Crippen molar-refractivity contribution in [1.29, 1.82) is 0 Å². The van der Waals surface area contributed by atoms with Gasteiger partial charge in [-0.05, 0) is 33.3 Å². The van der Waals surface area contributed by atoms with Gasteiger partial charge in [0.2, 0.25) is 5.91 Å². The van der Waals surface area contributed by atoms with Gasteiger partial charge in [-0.1, -0.05) is 157 Å². The second kappa shape index (κ2) is 16.9. The molecule has 1 aliphatic rings. The summed E-state index contributed by atoms with van der Waals surface area (Å²) in [6, 6.07) is 47.8. The lowest BCUT2D eigenvalue weighted by Gasteiger charge is -2.46. The molecule has 0 saturated carbocycles. The SMILES string of the molecule is CC(=O)NC1C(OCc2ccccc2)OC(COC(c2ccccc2)(c2ccccc2)c2ccccc2)C(N=[N+]=[N-])C1OCc1ccccc1. The first kappa shape index (κ1) is 34.6. The summed E-state index contributed by atoms with van der Waals surface area (Å²) in [5.74, 6) is -0.300. The Morgan fingerprint density at radius 3 is 1.60 bits per heavy atom. The molecule has 0 aliphatic carbocycles. The minimum atomic E-state index is -1.05. The van der Waals surface area contributed by atoms with Gasteiger partial charge in [0.15, 0.2) is 6.29 Å². The molecule has 1 aliphatic heterocycles. The minimum Gasteiger partial charge on any atom is -0.371 e. The predicted octanol–water partition coefficient (Wildman–Crippen LogP) is 7.71. The lowest BCUT2D eigenvalue weighted by Crippen LogP contribution is -2.65. The summed E-state index contributed by atoms with van der Waals surface area (Å²) in [5, 5.41) is 7.21. The number of benzene rings is 5. The molecule has 0 aromatic heterocycles. The van der Waals surface area contributed by atoms with E-state index in [4.69, 9.17) is 18.9 Å². The van der Waals surface area contributed by atoms with Crippen molar-refractivity contribution in [2.45, 2.75) is 56.3 Å². The van der Waals surface area contributed by atoms with Crippen LogP contribution >= 0.6 is 0 Å². The Kier molecular flexibility index (Phi) is 11.7. The van der Waals surface area contributed by atoms with Crippen molar-refractivity contribution in [3.63, 3.8) is 0 Å². The number of carbonyl (C=O) groups excluding carboxylic acids is 1. The number of nitrogens with one attached hydrogen (secondary N) is 1. The van der Waals surface area contributed by atoms with Crippen LogP contribution in [0.1, 0.15) is 34.7 Å². The van der Waals surface area contributed by atoms with Gasteiger partial charge in [-0.3, -0.25) is 4.79 Å². The van der Waals surface area contributed by atoms with E-state index in [1.165, 1.54) is 6.92 Å². The lowest BCUT2D eigenvalue weighted by atomic mass is 9.80. The van der Waals surface area contributed by atoms with Gasteiger partial charge in [-0.15, -0.1) is 0 Å². The lowest BCUT2D eigenvalue weighted by molar-refractivity contribution is -0.260. The third kappa shape index (κ3) is 8.12. The second-order valence-corrected chi connectivity index (χ2v) is 12.1. The van der Waals surface area contributed by atoms with Gasteiger partial charge in [0.1, 0.15) is 11.6 Å². The number of amides is 1. The molecule has 0 radical (unpaired) electrons. The third-order valence-electron chi connectivity index (χ3n) is 8.78. The Bertz CT molecular complexity index is 1730. The van der Waals surface area contributed by atoms with E-state index in [-0.39, 0.29) is 25.7 Å². The van der Waals surface area contributed by atoms with Crippen molar-refractivity contribution in [3.8, 4) is 0 Å². The molecule has 254 valence electrons. The zero-order chi connectivity index (χ0) is 34.6. The van der Waals surface area contributed by atoms with Crippen LogP contribution < -0.4 is 5.32 Å². The van der Waals surface area contributed by atoms with Gasteiger partial charge in [0.25, 0.3) is 0 Å². The molecule has 6 rings (SSSR count). The molecule has 1 saturated heterocycles. The molecule has 5 unspecified atom stereocenters. The number of azide groups is 1. The van der Waals surface area contributed by atoms with E-state index in [1.807, 2.05) is 152 Å². The van der Waals surface area contributed by atoms with Gasteiger partial charge in [-0.2, -0.15) is 0 Å². The first-order valence-electron chi connectivity index (χ1n) is 16.7. The Labute approximate surface area is 292 Å². The van der Waals surface area contributed by atoms with Crippen LogP contribution in [0, 0.1) is 0 Å². The second-order valence-electron chi connectivity index (χ2n) is 12.1. The van der Waals surface area contributed by atoms with E-state index in [0.29, 0.717) is 0 Å². The zero-order valence-corrected chi connectivity index (χ0v) is 27.8. The summed E-state index contributed by atoms with van der Waals surface area (Å²) in [6.45, 7) is 1.84. The summed E-state index contributed by atoms with van der Waals surface area (Å²) in [4.78, 5) is 15.8. The number of hydrogen-bond donors (Lipinski definition) is 1. The highest BCUT2D eigenvalue weighted by molar-refractivity contribution is 5.73. The predicted molar refractivity (Wildman–Crippen MR) is 191 cm³/mol. The number of nitrogens with zero attached hydrogens (tertiary/aromatic N) is 3. The maximum absolute atomic E-state index is 12.6. The molecule has 9 nitrogen and oxygen atoms in total. The van der Waals surface area contributed by atoms with Crippen LogP contribution in [0.3, 0.4) is 0 Å². The molecule has 5 aromatic carbocycles. The first-order chi connectivity index (χ1) is 24.6. The third-order valence-corrected chi connectivity index (χ3v) is 8.78. The fourth-order valence-electron chi connectivity index (χ4n) is 6.48. The molecular formula is C41H40N4O5. The van der Waals surface area contributed by atoms with Crippen molar-refractivity contribution in [3.05, 3.63) is 190 Å². The normalized spacial score (nSPS) is 20.4. The molecule has 9 heteroatoms. The summed E-state index contributed by atoms with van der Waals surface area (Å²) in [7, 11) is 0. The molecule has 5 aromatic rings. The smallest absolute Gasteiger partial charge is 0.217 e. The average Bonchev–Trinajstić information content (AvgIpc) is 3.17.